The van der Waals surface area contributed by atoms with E-state index in [1.165, 1.54) is 10.9 Å². The summed E-state index contributed by atoms with van der Waals surface area (Å²) >= 11 is 0. The van der Waals surface area contributed by atoms with Crippen molar-refractivity contribution in [1.82, 2.24) is 20.3 Å². The van der Waals surface area contributed by atoms with Gasteiger partial charge in [0.15, 0.2) is 0 Å². The van der Waals surface area contributed by atoms with Gasteiger partial charge in [-0.05, 0) is 36.0 Å². The Morgan fingerprint density at radius 2 is 1.90 bits per heavy atom. The van der Waals surface area contributed by atoms with Gasteiger partial charge in [-0.15, -0.1) is 0 Å². The molecule has 106 valence electrons. The summed E-state index contributed by atoms with van der Waals surface area (Å²) in [6, 6.07) is 10.2. The molecule has 0 fully saturated rings. The lowest BCUT2D eigenvalue weighted by Gasteiger charge is -2.19. The molecule has 3 aromatic rings. The fraction of sp³-hybridized carbons (Fsp3) is 0.235. The van der Waals surface area contributed by atoms with Gasteiger partial charge in [0.1, 0.15) is 5.82 Å². The van der Waals surface area contributed by atoms with Crippen molar-refractivity contribution >= 4 is 10.8 Å². The molecular formula is C17H18N4. The number of nitrogens with zero attached hydrogens (tertiary/aromatic N) is 3. The van der Waals surface area contributed by atoms with Crippen molar-refractivity contribution in [3.63, 3.8) is 0 Å². The zero-order chi connectivity index (χ0) is 14.5. The summed E-state index contributed by atoms with van der Waals surface area (Å²) in [6.07, 6.45) is 8.36. The monoisotopic (exact) mass is 278 g/mol. The van der Waals surface area contributed by atoms with Gasteiger partial charge in [0.25, 0.3) is 0 Å². The van der Waals surface area contributed by atoms with E-state index in [1.54, 1.807) is 12.4 Å². The molecule has 1 N–H and O–H groups in total. The highest BCUT2D eigenvalue weighted by molar-refractivity contribution is 5.85. The molecule has 2 aromatic heterocycles. The lowest BCUT2D eigenvalue weighted by molar-refractivity contribution is 0.574. The zero-order valence-corrected chi connectivity index (χ0v) is 12.0. The Morgan fingerprint density at radius 3 is 2.71 bits per heavy atom. The SMILES string of the molecule is CCCNC(c1ncccn1)c1cccc2cnccc12. The van der Waals surface area contributed by atoms with Gasteiger partial charge < -0.3 is 5.32 Å². The van der Waals surface area contributed by atoms with Crippen molar-refractivity contribution in [2.45, 2.75) is 19.4 Å². The van der Waals surface area contributed by atoms with Crippen LogP contribution in [-0.2, 0) is 0 Å². The quantitative estimate of drug-likeness (QED) is 0.779. The van der Waals surface area contributed by atoms with Crippen LogP contribution in [0.5, 0.6) is 0 Å². The molecule has 0 bridgehead atoms. The third-order valence-electron chi connectivity index (χ3n) is 3.47. The van der Waals surface area contributed by atoms with E-state index in [4.69, 9.17) is 0 Å². The number of rotatable bonds is 5. The number of fused-ring (bicyclic) bond motifs is 1. The fourth-order valence-electron chi connectivity index (χ4n) is 2.49. The highest BCUT2D eigenvalue weighted by Crippen LogP contribution is 2.26. The van der Waals surface area contributed by atoms with Gasteiger partial charge in [0.2, 0.25) is 0 Å². The van der Waals surface area contributed by atoms with E-state index in [0.29, 0.717) is 0 Å². The van der Waals surface area contributed by atoms with Gasteiger partial charge in [-0.25, -0.2) is 9.97 Å². The molecule has 0 radical (unpaired) electrons. The average molecular weight is 278 g/mol. The Kier molecular flexibility index (Phi) is 4.17. The highest BCUT2D eigenvalue weighted by atomic mass is 15.0. The van der Waals surface area contributed by atoms with Crippen LogP contribution in [0.3, 0.4) is 0 Å². The standard InChI is InChI=1S/C17H18N4/c1-2-8-19-16(17-20-9-4-10-21-17)15-6-3-5-13-12-18-11-7-14(13)15/h3-7,9-12,16,19H,2,8H2,1H3. The van der Waals surface area contributed by atoms with Crippen LogP contribution in [0.2, 0.25) is 0 Å². The normalized spacial score (nSPS) is 12.4. The molecule has 0 saturated heterocycles. The van der Waals surface area contributed by atoms with Crippen LogP contribution in [0.25, 0.3) is 10.8 Å². The predicted molar refractivity (Wildman–Crippen MR) is 83.9 cm³/mol. The molecule has 0 aliphatic carbocycles. The van der Waals surface area contributed by atoms with Gasteiger partial charge >= 0.3 is 0 Å². The number of benzene rings is 1. The molecule has 0 amide bonds. The van der Waals surface area contributed by atoms with E-state index in [9.17, 15) is 0 Å². The minimum atomic E-state index is -0.00255. The largest absolute Gasteiger partial charge is 0.304 e. The second-order valence-electron chi connectivity index (χ2n) is 4.94. The number of nitrogens with one attached hydrogen (secondary N) is 1. The lowest BCUT2D eigenvalue weighted by atomic mass is 9.99. The minimum Gasteiger partial charge on any atom is -0.304 e. The Balaban J connectivity index is 2.10. The summed E-state index contributed by atoms with van der Waals surface area (Å²) in [5.41, 5.74) is 1.19. The lowest BCUT2D eigenvalue weighted by Crippen LogP contribution is -2.25. The van der Waals surface area contributed by atoms with Gasteiger partial charge in [-0.2, -0.15) is 0 Å². The van der Waals surface area contributed by atoms with E-state index in [2.05, 4.69) is 45.4 Å². The van der Waals surface area contributed by atoms with Gasteiger partial charge in [-0.1, -0.05) is 25.1 Å². The van der Waals surface area contributed by atoms with Crippen LogP contribution in [-0.4, -0.2) is 21.5 Å². The van der Waals surface area contributed by atoms with Crippen molar-refractivity contribution in [2.75, 3.05) is 6.54 Å². The van der Waals surface area contributed by atoms with Crippen molar-refractivity contribution in [1.29, 1.82) is 0 Å². The molecule has 0 spiro atoms. The average Bonchev–Trinajstić information content (AvgIpc) is 2.56. The van der Waals surface area contributed by atoms with Crippen LogP contribution >= 0.6 is 0 Å². The van der Waals surface area contributed by atoms with E-state index < -0.39 is 0 Å². The van der Waals surface area contributed by atoms with Gasteiger partial charge in [-0.3, -0.25) is 4.98 Å². The second-order valence-corrected chi connectivity index (χ2v) is 4.94. The van der Waals surface area contributed by atoms with Gasteiger partial charge in [0.05, 0.1) is 6.04 Å². The number of hydrogen-bond acceptors (Lipinski definition) is 4. The summed E-state index contributed by atoms with van der Waals surface area (Å²) in [5, 5.41) is 5.87. The second kappa shape index (κ2) is 6.41. The van der Waals surface area contributed by atoms with Crippen molar-refractivity contribution < 1.29 is 0 Å². The molecule has 21 heavy (non-hydrogen) atoms. The molecule has 1 atom stereocenters. The zero-order valence-electron chi connectivity index (χ0n) is 12.0. The molecule has 4 heteroatoms. The summed E-state index contributed by atoms with van der Waals surface area (Å²) in [5.74, 6) is 0.801. The van der Waals surface area contributed by atoms with Crippen molar-refractivity contribution in [3.05, 3.63) is 66.5 Å². The summed E-state index contributed by atoms with van der Waals surface area (Å²) in [6.45, 7) is 3.08. The first-order valence-corrected chi connectivity index (χ1v) is 7.23. The fourth-order valence-corrected chi connectivity index (χ4v) is 2.49. The summed E-state index contributed by atoms with van der Waals surface area (Å²) < 4.78 is 0. The Hall–Kier alpha value is -2.33. The molecule has 1 unspecified atom stereocenters. The third kappa shape index (κ3) is 2.90. The van der Waals surface area contributed by atoms with E-state index in [-0.39, 0.29) is 6.04 Å². The molecule has 2 heterocycles. The van der Waals surface area contributed by atoms with Crippen LogP contribution in [0.15, 0.2) is 55.1 Å². The van der Waals surface area contributed by atoms with Crippen LogP contribution in [0, 0.1) is 0 Å². The van der Waals surface area contributed by atoms with Crippen molar-refractivity contribution in [3.8, 4) is 0 Å². The molecule has 1 aromatic carbocycles. The van der Waals surface area contributed by atoms with Crippen LogP contribution < -0.4 is 5.32 Å². The molecule has 0 aliphatic heterocycles. The first-order chi connectivity index (χ1) is 10.4. The molecule has 3 rings (SSSR count). The van der Waals surface area contributed by atoms with Crippen LogP contribution in [0.4, 0.5) is 0 Å². The minimum absolute atomic E-state index is 0.00255. The number of aromatic nitrogens is 3. The van der Waals surface area contributed by atoms with E-state index >= 15 is 0 Å². The van der Waals surface area contributed by atoms with E-state index in [0.717, 1.165) is 24.2 Å². The van der Waals surface area contributed by atoms with Crippen molar-refractivity contribution in [2.24, 2.45) is 0 Å². The summed E-state index contributed by atoms with van der Waals surface area (Å²) in [7, 11) is 0. The smallest absolute Gasteiger partial charge is 0.149 e. The maximum atomic E-state index is 4.43. The highest BCUT2D eigenvalue weighted by Gasteiger charge is 2.18. The molecule has 0 aliphatic rings. The third-order valence-corrected chi connectivity index (χ3v) is 3.47. The number of pyridine rings is 1. The maximum Gasteiger partial charge on any atom is 0.149 e. The Morgan fingerprint density at radius 1 is 1.05 bits per heavy atom. The maximum absolute atomic E-state index is 4.43. The van der Waals surface area contributed by atoms with Gasteiger partial charge in [0, 0.05) is 30.2 Å². The Bertz CT molecular complexity index is 707. The molecule has 4 nitrogen and oxygen atoms in total. The Labute approximate surface area is 124 Å². The number of hydrogen-bond donors (Lipinski definition) is 1. The predicted octanol–water partition coefficient (Wildman–Crippen LogP) is 3.11. The first-order valence-electron chi connectivity index (χ1n) is 7.23. The topological polar surface area (TPSA) is 50.7 Å². The first kappa shape index (κ1) is 13.6. The van der Waals surface area contributed by atoms with E-state index in [1.807, 2.05) is 24.5 Å². The molecular weight excluding hydrogens is 260 g/mol. The molecule has 0 saturated carbocycles. The summed E-state index contributed by atoms with van der Waals surface area (Å²) in [4.78, 5) is 13.0. The van der Waals surface area contributed by atoms with Crippen LogP contribution in [0.1, 0.15) is 30.8 Å².